The Kier molecular flexibility index (Phi) is 7.73. The summed E-state index contributed by atoms with van der Waals surface area (Å²) in [5.41, 5.74) is 0.659. The number of aromatic amines is 1. The molecule has 2 aromatic heterocycles. The predicted octanol–water partition coefficient (Wildman–Crippen LogP) is 3.51. The number of pyridine rings is 1. The first-order valence-corrected chi connectivity index (χ1v) is 11.8. The highest BCUT2D eigenvalue weighted by Crippen LogP contribution is 2.42. The number of primary amides is 1. The van der Waals surface area contributed by atoms with Crippen molar-refractivity contribution in [3.63, 3.8) is 0 Å². The lowest BCUT2D eigenvalue weighted by atomic mass is 9.93. The Hall–Kier alpha value is -4.59. The van der Waals surface area contributed by atoms with Gasteiger partial charge in [0, 0.05) is 11.1 Å². The predicted molar refractivity (Wildman–Crippen MR) is 132 cm³/mol. The second-order valence-electron chi connectivity index (χ2n) is 8.71. The van der Waals surface area contributed by atoms with Crippen LogP contribution < -0.4 is 15.8 Å². The maximum absolute atomic E-state index is 14.4. The number of H-pyrrole nitrogens is 1. The average Bonchev–Trinajstić information content (AvgIpc) is 3.31. The Bertz CT molecular complexity index is 1570. The number of nitrogens with one attached hydrogen (secondary N) is 2. The van der Waals surface area contributed by atoms with E-state index in [9.17, 15) is 36.6 Å². The molecule has 0 bridgehead atoms. The third-order valence-corrected chi connectivity index (χ3v) is 5.88. The van der Waals surface area contributed by atoms with E-state index in [1.807, 2.05) is 5.32 Å². The molecule has 2 amide bonds. The lowest BCUT2D eigenvalue weighted by Gasteiger charge is -2.31. The first-order valence-electron chi connectivity index (χ1n) is 11.8. The highest BCUT2D eigenvalue weighted by molar-refractivity contribution is 5.94. The van der Waals surface area contributed by atoms with Gasteiger partial charge in [-0.05, 0) is 55.5 Å². The number of fused-ring (bicyclic) bond motifs is 1. The van der Waals surface area contributed by atoms with Crippen molar-refractivity contribution < 1.29 is 41.4 Å². The summed E-state index contributed by atoms with van der Waals surface area (Å²) >= 11 is 0. The molecule has 0 unspecified atom stereocenters. The first-order chi connectivity index (χ1) is 18.8. The van der Waals surface area contributed by atoms with Gasteiger partial charge >= 0.3 is 6.18 Å². The molecule has 5 N–H and O–H groups in total. The molecule has 0 saturated carbocycles. The van der Waals surface area contributed by atoms with Gasteiger partial charge in [-0.25, -0.2) is 18.7 Å². The summed E-state index contributed by atoms with van der Waals surface area (Å²) in [5.74, 6) is -3.79. The Balaban J connectivity index is 1.79. The molecule has 0 aliphatic heterocycles. The minimum atomic E-state index is -5.39. The van der Waals surface area contributed by atoms with Crippen LogP contribution in [0.25, 0.3) is 22.3 Å². The number of carbonyl (C=O) groups is 2. The Labute approximate surface area is 223 Å². The third-order valence-electron chi connectivity index (χ3n) is 5.88. The van der Waals surface area contributed by atoms with Crippen LogP contribution >= 0.6 is 0 Å². The van der Waals surface area contributed by atoms with Crippen LogP contribution in [0.5, 0.6) is 5.75 Å². The van der Waals surface area contributed by atoms with Crippen LogP contribution in [-0.4, -0.2) is 51.2 Å². The number of nitrogens with zero attached hydrogens (tertiary/aromatic N) is 2. The molecule has 0 radical (unpaired) electrons. The molecule has 4 rings (SSSR count). The fraction of sp³-hybridized carbons (Fsp3) is 0.231. The van der Waals surface area contributed by atoms with Gasteiger partial charge in [0.2, 0.25) is 11.5 Å². The van der Waals surface area contributed by atoms with Crippen molar-refractivity contribution in [2.24, 2.45) is 5.73 Å². The SMILES string of the molecule is CCOc1c(CC(N)=O)cc([C@@](O)(CNC(=O)c2nc3ccc(F)cc3[nH]2)C(F)(F)F)nc1-c1ccc(F)cc1. The molecule has 0 saturated heterocycles. The molecular weight excluding hydrogens is 541 g/mol. The van der Waals surface area contributed by atoms with Crippen LogP contribution in [0.2, 0.25) is 0 Å². The van der Waals surface area contributed by atoms with Crippen LogP contribution in [-0.2, 0) is 16.8 Å². The summed E-state index contributed by atoms with van der Waals surface area (Å²) in [6.07, 6.45) is -5.96. The highest BCUT2D eigenvalue weighted by atomic mass is 19.4. The van der Waals surface area contributed by atoms with Gasteiger partial charge in [-0.1, -0.05) is 0 Å². The standard InChI is InChI=1S/C26H22F5N5O4/c1-2-40-22-14(10-20(32)37)9-19(36-21(22)13-3-5-15(27)6-4-13)25(39,26(29,30)31)12-33-24(38)23-34-17-8-7-16(28)11-18(17)35-23/h3-9,11,39H,2,10,12H2,1H3,(H2,32,37)(H,33,38)(H,34,35)/t25-/m0/s1. The molecule has 0 spiro atoms. The third kappa shape index (κ3) is 5.71. The number of carbonyl (C=O) groups excluding carboxylic acids is 2. The van der Waals surface area contributed by atoms with Gasteiger partial charge in [0.1, 0.15) is 23.1 Å². The smallest absolute Gasteiger partial charge is 0.424 e. The monoisotopic (exact) mass is 563 g/mol. The fourth-order valence-electron chi connectivity index (χ4n) is 3.94. The largest absolute Gasteiger partial charge is 0.491 e. The summed E-state index contributed by atoms with van der Waals surface area (Å²) < 4.78 is 75.8. The summed E-state index contributed by atoms with van der Waals surface area (Å²) in [6, 6.07) is 8.77. The molecule has 9 nitrogen and oxygen atoms in total. The van der Waals surface area contributed by atoms with Crippen LogP contribution in [0.4, 0.5) is 22.0 Å². The van der Waals surface area contributed by atoms with Gasteiger partial charge in [0.05, 0.1) is 36.3 Å². The van der Waals surface area contributed by atoms with Gasteiger partial charge in [-0.15, -0.1) is 0 Å². The minimum absolute atomic E-state index is 0.0297. The molecule has 210 valence electrons. The normalized spacial score (nSPS) is 13.2. The zero-order chi connectivity index (χ0) is 29.2. The summed E-state index contributed by atoms with van der Waals surface area (Å²) in [4.78, 5) is 34.8. The van der Waals surface area contributed by atoms with Crippen LogP contribution in [0, 0.1) is 11.6 Å². The van der Waals surface area contributed by atoms with Gasteiger partial charge < -0.3 is 25.9 Å². The first kappa shape index (κ1) is 28.4. The summed E-state index contributed by atoms with van der Waals surface area (Å²) in [5, 5.41) is 13.0. The molecule has 40 heavy (non-hydrogen) atoms. The van der Waals surface area contributed by atoms with E-state index in [1.54, 1.807) is 6.92 Å². The maximum atomic E-state index is 14.4. The number of hydrogen-bond donors (Lipinski definition) is 4. The molecule has 0 fully saturated rings. The lowest BCUT2D eigenvalue weighted by Crippen LogP contribution is -2.51. The number of imidazole rings is 1. The topological polar surface area (TPSA) is 143 Å². The lowest BCUT2D eigenvalue weighted by molar-refractivity contribution is -0.265. The summed E-state index contributed by atoms with van der Waals surface area (Å²) in [7, 11) is 0. The number of nitrogens with two attached hydrogens (primary N) is 1. The van der Waals surface area contributed by atoms with Gasteiger partial charge in [0.25, 0.3) is 5.91 Å². The molecule has 14 heteroatoms. The Morgan fingerprint density at radius 3 is 2.35 bits per heavy atom. The van der Waals surface area contributed by atoms with Crippen molar-refractivity contribution >= 4 is 22.8 Å². The van der Waals surface area contributed by atoms with Gasteiger partial charge in [-0.3, -0.25) is 9.59 Å². The molecule has 2 heterocycles. The molecule has 1 atom stereocenters. The number of aliphatic hydroxyl groups is 1. The molecule has 2 aromatic carbocycles. The van der Waals surface area contributed by atoms with Crippen molar-refractivity contribution in [2.75, 3.05) is 13.2 Å². The number of rotatable bonds is 9. The van der Waals surface area contributed by atoms with E-state index in [4.69, 9.17) is 10.5 Å². The maximum Gasteiger partial charge on any atom is 0.424 e. The number of benzene rings is 2. The molecule has 0 aliphatic rings. The number of aromatic nitrogens is 3. The van der Waals surface area contributed by atoms with E-state index < -0.39 is 59.7 Å². The zero-order valence-corrected chi connectivity index (χ0v) is 20.8. The number of alkyl halides is 3. The minimum Gasteiger partial charge on any atom is -0.491 e. The van der Waals surface area contributed by atoms with E-state index in [0.29, 0.717) is 0 Å². The Morgan fingerprint density at radius 1 is 1.05 bits per heavy atom. The summed E-state index contributed by atoms with van der Waals surface area (Å²) in [6.45, 7) is 0.201. The zero-order valence-electron chi connectivity index (χ0n) is 20.8. The molecular formula is C26H22F5N5O4. The number of amides is 2. The molecule has 0 aliphatic carbocycles. The van der Waals surface area contributed by atoms with Crippen LogP contribution in [0.3, 0.4) is 0 Å². The van der Waals surface area contributed by atoms with Crippen molar-refractivity contribution in [1.29, 1.82) is 0 Å². The van der Waals surface area contributed by atoms with E-state index in [0.717, 1.165) is 30.3 Å². The van der Waals surface area contributed by atoms with Crippen LogP contribution in [0.15, 0.2) is 48.5 Å². The highest BCUT2D eigenvalue weighted by Gasteiger charge is 2.57. The van der Waals surface area contributed by atoms with E-state index >= 15 is 0 Å². The van der Waals surface area contributed by atoms with Crippen LogP contribution in [0.1, 0.15) is 28.8 Å². The Morgan fingerprint density at radius 2 is 1.73 bits per heavy atom. The fourth-order valence-corrected chi connectivity index (χ4v) is 3.94. The second kappa shape index (κ2) is 10.9. The number of halogens is 5. The van der Waals surface area contributed by atoms with Crippen molar-refractivity contribution in [3.05, 3.63) is 77.2 Å². The number of hydrogen-bond acceptors (Lipinski definition) is 6. The van der Waals surface area contributed by atoms with Gasteiger partial charge in [-0.2, -0.15) is 13.2 Å². The average molecular weight is 563 g/mol. The van der Waals surface area contributed by atoms with E-state index in [-0.39, 0.29) is 40.2 Å². The van der Waals surface area contributed by atoms with Crippen molar-refractivity contribution in [1.82, 2.24) is 20.3 Å². The van der Waals surface area contributed by atoms with E-state index in [1.165, 1.54) is 18.2 Å². The second-order valence-corrected chi connectivity index (χ2v) is 8.71. The van der Waals surface area contributed by atoms with Crippen molar-refractivity contribution in [2.45, 2.75) is 25.1 Å². The van der Waals surface area contributed by atoms with Gasteiger partial charge in [0.15, 0.2) is 5.82 Å². The quantitative estimate of drug-likeness (QED) is 0.230. The van der Waals surface area contributed by atoms with Crippen molar-refractivity contribution in [3.8, 4) is 17.0 Å². The molecule has 4 aromatic rings. The van der Waals surface area contributed by atoms with E-state index in [2.05, 4.69) is 15.0 Å². The number of ether oxygens (including phenoxy) is 1.